The van der Waals surface area contributed by atoms with Gasteiger partial charge >= 0.3 is 0 Å². The average molecular weight is 279 g/mol. The summed E-state index contributed by atoms with van der Waals surface area (Å²) in [6.07, 6.45) is -6.02. The molecule has 5 unspecified atom stereocenters. The summed E-state index contributed by atoms with van der Waals surface area (Å²) < 4.78 is 40.0. The van der Waals surface area contributed by atoms with Crippen molar-refractivity contribution in [3.8, 4) is 0 Å². The van der Waals surface area contributed by atoms with E-state index in [0.717, 1.165) is 13.0 Å². The molecule has 5 atom stereocenters. The Morgan fingerprint density at radius 2 is 1.95 bits per heavy atom. The zero-order valence-electron chi connectivity index (χ0n) is 12.1. The monoisotopic (exact) mass is 279 g/mol. The molecule has 0 aliphatic carbocycles. The molecule has 1 aliphatic rings. The van der Waals surface area contributed by atoms with Crippen LogP contribution in [-0.2, 0) is 4.79 Å². The fourth-order valence-electron chi connectivity index (χ4n) is 2.84. The molecule has 0 saturated carbocycles. The molecule has 1 aliphatic heterocycles. The Hall–Kier alpha value is -0.580. The van der Waals surface area contributed by atoms with Crippen molar-refractivity contribution in [3.05, 3.63) is 0 Å². The Bertz CT molecular complexity index is 311. The minimum Gasteiger partial charge on any atom is -0.301 e. The van der Waals surface area contributed by atoms with Crippen molar-refractivity contribution >= 4 is 6.29 Å². The van der Waals surface area contributed by atoms with Crippen LogP contribution in [0.5, 0.6) is 0 Å². The maximum Gasteiger partial charge on any atom is 0.189 e. The van der Waals surface area contributed by atoms with Gasteiger partial charge in [-0.25, -0.2) is 13.2 Å². The number of carbonyl (C=O) groups is 1. The second-order valence-corrected chi connectivity index (χ2v) is 6.19. The summed E-state index contributed by atoms with van der Waals surface area (Å²) in [6, 6.07) is 0. The molecule has 1 saturated heterocycles. The van der Waals surface area contributed by atoms with Crippen LogP contribution in [0.1, 0.15) is 33.6 Å². The van der Waals surface area contributed by atoms with Crippen molar-refractivity contribution in [2.45, 2.75) is 57.7 Å². The Labute approximate surface area is 113 Å². The number of carbonyl (C=O) groups excluding carboxylic acids is 1. The summed E-state index contributed by atoms with van der Waals surface area (Å²) in [5, 5.41) is 0. The summed E-state index contributed by atoms with van der Waals surface area (Å²) in [4.78, 5) is 12.4. The van der Waals surface area contributed by atoms with Crippen LogP contribution >= 0.6 is 0 Å². The van der Waals surface area contributed by atoms with Crippen molar-refractivity contribution in [2.24, 2.45) is 11.8 Å². The highest BCUT2D eigenvalue weighted by molar-refractivity contribution is 5.56. The smallest absolute Gasteiger partial charge is 0.189 e. The Morgan fingerprint density at radius 1 is 1.37 bits per heavy atom. The van der Waals surface area contributed by atoms with Crippen molar-refractivity contribution < 1.29 is 18.0 Å². The molecule has 0 bridgehead atoms. The summed E-state index contributed by atoms with van der Waals surface area (Å²) in [5.41, 5.74) is -0.0891. The fourth-order valence-corrected chi connectivity index (χ4v) is 2.84. The molecule has 1 fully saturated rings. The molecule has 0 spiro atoms. The van der Waals surface area contributed by atoms with Gasteiger partial charge in [-0.3, -0.25) is 4.79 Å². The highest BCUT2D eigenvalue weighted by atomic mass is 19.2. The number of hydrogen-bond donors (Lipinski definition) is 0. The third-order valence-electron chi connectivity index (χ3n) is 4.95. The van der Waals surface area contributed by atoms with E-state index < -0.39 is 18.5 Å². The Balaban J connectivity index is 2.64. The standard InChI is InChI=1S/C14H24F3NO/c1-9-10(5-6-18(4)14(9,2)3)7-11(15)13(17)12(16)8-19/h8-13H,5-7H2,1-4H3. The molecule has 0 N–H and O–H groups in total. The van der Waals surface area contributed by atoms with E-state index in [1.807, 2.05) is 14.0 Å². The van der Waals surface area contributed by atoms with Gasteiger partial charge in [0.2, 0.25) is 0 Å². The highest BCUT2D eigenvalue weighted by Crippen LogP contribution is 2.39. The van der Waals surface area contributed by atoms with Gasteiger partial charge in [-0.15, -0.1) is 0 Å². The minimum absolute atomic E-state index is 0.0123. The van der Waals surface area contributed by atoms with Gasteiger partial charge < -0.3 is 4.90 Å². The molecule has 0 aromatic heterocycles. The van der Waals surface area contributed by atoms with E-state index in [2.05, 4.69) is 18.7 Å². The lowest BCUT2D eigenvalue weighted by molar-refractivity contribution is -0.115. The molecule has 0 amide bonds. The minimum atomic E-state index is -2.36. The molecular weight excluding hydrogens is 255 g/mol. The number of alkyl halides is 3. The number of rotatable bonds is 5. The van der Waals surface area contributed by atoms with Crippen LogP contribution in [-0.4, -0.2) is 48.8 Å². The summed E-state index contributed by atoms with van der Waals surface area (Å²) in [7, 11) is 2.02. The predicted octanol–water partition coefficient (Wildman–Crippen LogP) is 2.96. The molecule has 1 rings (SSSR count). The first-order valence-electron chi connectivity index (χ1n) is 6.80. The quantitative estimate of drug-likeness (QED) is 0.721. The number of halogens is 3. The third-order valence-corrected chi connectivity index (χ3v) is 4.95. The van der Waals surface area contributed by atoms with Gasteiger partial charge in [0, 0.05) is 5.54 Å². The first kappa shape index (κ1) is 16.5. The van der Waals surface area contributed by atoms with Crippen LogP contribution in [0.3, 0.4) is 0 Å². The summed E-state index contributed by atoms with van der Waals surface area (Å²) >= 11 is 0. The topological polar surface area (TPSA) is 20.3 Å². The molecule has 112 valence electrons. The van der Waals surface area contributed by atoms with Crippen LogP contribution < -0.4 is 0 Å². The van der Waals surface area contributed by atoms with Gasteiger partial charge in [0.25, 0.3) is 0 Å². The lowest BCUT2D eigenvalue weighted by Crippen LogP contribution is -2.54. The second-order valence-electron chi connectivity index (χ2n) is 6.19. The molecule has 19 heavy (non-hydrogen) atoms. The molecule has 0 radical (unpaired) electrons. The van der Waals surface area contributed by atoms with Crippen molar-refractivity contribution in [1.82, 2.24) is 4.90 Å². The second kappa shape index (κ2) is 6.25. The molecule has 2 nitrogen and oxygen atoms in total. The van der Waals surface area contributed by atoms with E-state index >= 15 is 0 Å². The van der Waals surface area contributed by atoms with Crippen LogP contribution in [0.2, 0.25) is 0 Å². The first-order chi connectivity index (χ1) is 8.71. The largest absolute Gasteiger partial charge is 0.301 e. The van der Waals surface area contributed by atoms with Gasteiger partial charge in [0.1, 0.15) is 6.17 Å². The Morgan fingerprint density at radius 3 is 2.47 bits per heavy atom. The molecular formula is C14H24F3NO. The van der Waals surface area contributed by atoms with E-state index in [1.54, 1.807) is 0 Å². The molecule has 5 heteroatoms. The van der Waals surface area contributed by atoms with E-state index in [9.17, 15) is 18.0 Å². The lowest BCUT2D eigenvalue weighted by Gasteiger charge is -2.49. The van der Waals surface area contributed by atoms with Gasteiger partial charge in [0.15, 0.2) is 18.6 Å². The van der Waals surface area contributed by atoms with Crippen LogP contribution in [0.4, 0.5) is 13.2 Å². The van der Waals surface area contributed by atoms with E-state index in [0.29, 0.717) is 0 Å². The lowest BCUT2D eigenvalue weighted by atomic mass is 9.71. The van der Waals surface area contributed by atoms with Gasteiger partial charge in [-0.1, -0.05) is 6.92 Å². The normalized spacial score (nSPS) is 32.6. The zero-order valence-corrected chi connectivity index (χ0v) is 12.1. The number of piperidine rings is 1. The number of aldehydes is 1. The predicted molar refractivity (Wildman–Crippen MR) is 69.3 cm³/mol. The van der Waals surface area contributed by atoms with Crippen LogP contribution in [0.25, 0.3) is 0 Å². The van der Waals surface area contributed by atoms with Crippen molar-refractivity contribution in [3.63, 3.8) is 0 Å². The Kier molecular flexibility index (Phi) is 5.42. The highest BCUT2D eigenvalue weighted by Gasteiger charge is 2.42. The van der Waals surface area contributed by atoms with Crippen molar-refractivity contribution in [1.29, 1.82) is 0 Å². The van der Waals surface area contributed by atoms with E-state index in [4.69, 9.17) is 0 Å². The number of likely N-dealkylation sites (tertiary alicyclic amines) is 1. The molecule has 1 heterocycles. The summed E-state index contributed by atoms with van der Waals surface area (Å²) in [6.45, 7) is 6.99. The maximum atomic E-state index is 13.8. The van der Waals surface area contributed by atoms with Crippen LogP contribution in [0.15, 0.2) is 0 Å². The van der Waals surface area contributed by atoms with Crippen molar-refractivity contribution in [2.75, 3.05) is 13.6 Å². The third kappa shape index (κ3) is 3.50. The SMILES string of the molecule is CC1C(CC(F)C(F)C(F)C=O)CCN(C)C1(C)C. The average Bonchev–Trinajstić information content (AvgIpc) is 2.38. The first-order valence-corrected chi connectivity index (χ1v) is 6.80. The van der Waals surface area contributed by atoms with E-state index in [-0.39, 0.29) is 30.1 Å². The molecule has 0 aromatic carbocycles. The van der Waals surface area contributed by atoms with Gasteiger partial charge in [-0.2, -0.15) is 0 Å². The zero-order chi connectivity index (χ0) is 14.8. The molecule has 0 aromatic rings. The fraction of sp³-hybridized carbons (Fsp3) is 0.929. The van der Waals surface area contributed by atoms with Crippen LogP contribution in [0, 0.1) is 11.8 Å². The summed E-state index contributed by atoms with van der Waals surface area (Å²) in [5.74, 6) is 0.198. The number of nitrogens with zero attached hydrogens (tertiary/aromatic N) is 1. The number of hydrogen-bond acceptors (Lipinski definition) is 2. The van der Waals surface area contributed by atoms with Gasteiger partial charge in [-0.05, 0) is 52.1 Å². The maximum absolute atomic E-state index is 13.8. The van der Waals surface area contributed by atoms with E-state index in [1.165, 1.54) is 0 Å². The van der Waals surface area contributed by atoms with Gasteiger partial charge in [0.05, 0.1) is 0 Å².